The molecule has 1 aromatic heterocycles. The molecule has 164 valence electrons. The Bertz CT molecular complexity index is 1250. The summed E-state index contributed by atoms with van der Waals surface area (Å²) in [7, 11) is -4.09. The van der Waals surface area contributed by atoms with Crippen LogP contribution in [-0.2, 0) is 10.0 Å². The SMILES string of the molecule is O=C(O)N1CCN(c2ccc3c(c2)c(C(F)F)cn3S(=O)(=O)c2cccc(Br)c2)CC1. The Morgan fingerprint density at radius 2 is 1.77 bits per heavy atom. The Morgan fingerprint density at radius 3 is 2.39 bits per heavy atom. The molecule has 2 aromatic carbocycles. The zero-order valence-corrected chi connectivity index (χ0v) is 18.5. The minimum Gasteiger partial charge on any atom is -0.465 e. The van der Waals surface area contributed by atoms with Crippen LogP contribution in [0.4, 0.5) is 19.3 Å². The first kappa shape index (κ1) is 21.6. The summed E-state index contributed by atoms with van der Waals surface area (Å²) in [6.45, 7) is 1.43. The number of alkyl halides is 2. The van der Waals surface area contributed by atoms with E-state index in [2.05, 4.69) is 15.9 Å². The molecule has 1 amide bonds. The maximum atomic E-state index is 13.8. The predicted octanol–water partition coefficient (Wildman–Crippen LogP) is 4.38. The maximum Gasteiger partial charge on any atom is 0.407 e. The molecule has 0 aliphatic carbocycles. The molecule has 1 fully saturated rings. The lowest BCUT2D eigenvalue weighted by Crippen LogP contribution is -2.48. The number of fused-ring (bicyclic) bond motifs is 1. The molecule has 1 saturated heterocycles. The first-order chi connectivity index (χ1) is 14.7. The minimum atomic E-state index is -4.09. The van der Waals surface area contributed by atoms with E-state index in [0.717, 1.165) is 10.2 Å². The van der Waals surface area contributed by atoms with Crippen molar-refractivity contribution in [3.8, 4) is 0 Å². The van der Waals surface area contributed by atoms with Crippen molar-refractivity contribution in [2.24, 2.45) is 0 Å². The van der Waals surface area contributed by atoms with E-state index in [0.29, 0.717) is 36.3 Å². The number of rotatable bonds is 4. The van der Waals surface area contributed by atoms with Gasteiger partial charge in [-0.1, -0.05) is 22.0 Å². The number of nitrogens with zero attached hydrogens (tertiary/aromatic N) is 3. The summed E-state index contributed by atoms with van der Waals surface area (Å²) in [4.78, 5) is 14.3. The Morgan fingerprint density at radius 1 is 1.06 bits per heavy atom. The summed E-state index contributed by atoms with van der Waals surface area (Å²) in [6.07, 6.45) is -2.89. The number of halogens is 3. The van der Waals surface area contributed by atoms with Gasteiger partial charge in [-0.2, -0.15) is 0 Å². The van der Waals surface area contributed by atoms with Crippen LogP contribution in [0.2, 0.25) is 0 Å². The highest BCUT2D eigenvalue weighted by Crippen LogP contribution is 2.35. The molecular weight excluding hydrogens is 496 g/mol. The number of anilines is 1. The number of hydrogen-bond acceptors (Lipinski definition) is 4. The average Bonchev–Trinajstić information content (AvgIpc) is 3.14. The van der Waals surface area contributed by atoms with Gasteiger partial charge in [-0.15, -0.1) is 0 Å². The normalized spacial score (nSPS) is 15.1. The third-order valence-electron chi connectivity index (χ3n) is 5.29. The van der Waals surface area contributed by atoms with Crippen molar-refractivity contribution < 1.29 is 27.1 Å². The summed E-state index contributed by atoms with van der Waals surface area (Å²) < 4.78 is 55.3. The Balaban J connectivity index is 1.77. The molecule has 0 unspecified atom stereocenters. The highest BCUT2D eigenvalue weighted by atomic mass is 79.9. The van der Waals surface area contributed by atoms with E-state index < -0.39 is 22.5 Å². The molecule has 0 saturated carbocycles. The fourth-order valence-electron chi connectivity index (χ4n) is 3.68. The number of carbonyl (C=O) groups is 1. The van der Waals surface area contributed by atoms with Gasteiger partial charge in [0.05, 0.1) is 10.4 Å². The second-order valence-corrected chi connectivity index (χ2v) is 9.83. The fraction of sp³-hybridized carbons (Fsp3) is 0.250. The Labute approximate surface area is 185 Å². The van der Waals surface area contributed by atoms with E-state index in [1.807, 2.05) is 4.90 Å². The lowest BCUT2D eigenvalue weighted by Gasteiger charge is -2.34. The molecule has 3 aromatic rings. The van der Waals surface area contributed by atoms with Crippen LogP contribution in [0, 0.1) is 0 Å². The van der Waals surface area contributed by atoms with Crippen molar-refractivity contribution in [3.05, 3.63) is 58.7 Å². The van der Waals surface area contributed by atoms with E-state index in [9.17, 15) is 22.0 Å². The molecule has 0 spiro atoms. The van der Waals surface area contributed by atoms with Crippen molar-refractivity contribution >= 4 is 48.6 Å². The van der Waals surface area contributed by atoms with E-state index in [1.54, 1.807) is 24.3 Å². The molecule has 31 heavy (non-hydrogen) atoms. The molecule has 2 heterocycles. The number of benzene rings is 2. The number of carboxylic acid groups (broad SMARTS) is 1. The van der Waals surface area contributed by atoms with Gasteiger partial charge in [0, 0.05) is 53.5 Å². The molecule has 1 aliphatic heterocycles. The highest BCUT2D eigenvalue weighted by molar-refractivity contribution is 9.10. The standard InChI is InChI=1S/C20H18BrF2N3O4S/c21-13-2-1-3-15(10-13)31(29,30)26-12-17(19(22)23)16-11-14(4-5-18(16)26)24-6-8-25(9-7-24)20(27)28/h1-5,10-12,19H,6-9H2,(H,27,28). The highest BCUT2D eigenvalue weighted by Gasteiger charge is 2.26. The molecule has 0 atom stereocenters. The number of hydrogen-bond donors (Lipinski definition) is 1. The smallest absolute Gasteiger partial charge is 0.407 e. The largest absolute Gasteiger partial charge is 0.465 e. The zero-order chi connectivity index (χ0) is 22.3. The molecule has 0 radical (unpaired) electrons. The molecular formula is C20H18BrF2N3O4S. The monoisotopic (exact) mass is 513 g/mol. The first-order valence-corrected chi connectivity index (χ1v) is 11.6. The predicted molar refractivity (Wildman–Crippen MR) is 115 cm³/mol. The third-order valence-corrected chi connectivity index (χ3v) is 7.45. The summed E-state index contributed by atoms with van der Waals surface area (Å²) in [5.74, 6) is 0. The van der Waals surface area contributed by atoms with Crippen LogP contribution in [0.1, 0.15) is 12.0 Å². The van der Waals surface area contributed by atoms with Gasteiger partial charge in [-0.25, -0.2) is 26.0 Å². The molecule has 1 aliphatic rings. The van der Waals surface area contributed by atoms with E-state index in [1.165, 1.54) is 23.1 Å². The molecule has 11 heteroatoms. The van der Waals surface area contributed by atoms with Gasteiger partial charge >= 0.3 is 6.09 Å². The number of piperazine rings is 1. The molecule has 4 rings (SSSR count). The van der Waals surface area contributed by atoms with Gasteiger partial charge in [0.1, 0.15) is 0 Å². The van der Waals surface area contributed by atoms with E-state index >= 15 is 0 Å². The number of amides is 1. The van der Waals surface area contributed by atoms with Gasteiger partial charge in [0.25, 0.3) is 16.4 Å². The summed E-state index contributed by atoms with van der Waals surface area (Å²) >= 11 is 3.23. The Hall–Kier alpha value is -2.66. The molecule has 7 nitrogen and oxygen atoms in total. The second-order valence-electron chi connectivity index (χ2n) is 7.10. The van der Waals surface area contributed by atoms with Gasteiger partial charge in [-0.05, 0) is 36.4 Å². The van der Waals surface area contributed by atoms with Crippen molar-refractivity contribution in [1.82, 2.24) is 8.87 Å². The second kappa shape index (κ2) is 8.12. The minimum absolute atomic E-state index is 0.0199. The molecule has 1 N–H and O–H groups in total. The van der Waals surface area contributed by atoms with E-state index in [-0.39, 0.29) is 21.4 Å². The van der Waals surface area contributed by atoms with Crippen LogP contribution in [-0.4, -0.2) is 54.7 Å². The Kier molecular flexibility index (Phi) is 5.65. The third kappa shape index (κ3) is 3.99. The zero-order valence-electron chi connectivity index (χ0n) is 16.1. The van der Waals surface area contributed by atoms with Crippen LogP contribution in [0.3, 0.4) is 0 Å². The molecule has 0 bridgehead atoms. The van der Waals surface area contributed by atoms with Crippen LogP contribution >= 0.6 is 15.9 Å². The van der Waals surface area contributed by atoms with Crippen LogP contribution in [0.15, 0.2) is 58.0 Å². The summed E-state index contributed by atoms with van der Waals surface area (Å²) in [5.41, 5.74) is 0.417. The lowest BCUT2D eigenvalue weighted by atomic mass is 10.1. The van der Waals surface area contributed by atoms with E-state index in [4.69, 9.17) is 5.11 Å². The van der Waals surface area contributed by atoms with Gasteiger partial charge < -0.3 is 14.9 Å². The van der Waals surface area contributed by atoms with Gasteiger partial charge in [0.15, 0.2) is 0 Å². The van der Waals surface area contributed by atoms with Crippen LogP contribution in [0.5, 0.6) is 0 Å². The fourth-order valence-corrected chi connectivity index (χ4v) is 5.65. The summed E-state index contributed by atoms with van der Waals surface area (Å²) in [6, 6.07) is 10.8. The van der Waals surface area contributed by atoms with Crippen LogP contribution in [0.25, 0.3) is 10.9 Å². The van der Waals surface area contributed by atoms with Gasteiger partial charge in [-0.3, -0.25) is 0 Å². The first-order valence-electron chi connectivity index (χ1n) is 9.35. The summed E-state index contributed by atoms with van der Waals surface area (Å²) in [5, 5.41) is 9.23. The van der Waals surface area contributed by atoms with Crippen molar-refractivity contribution in [1.29, 1.82) is 0 Å². The number of aromatic nitrogens is 1. The van der Waals surface area contributed by atoms with Crippen LogP contribution < -0.4 is 4.90 Å². The van der Waals surface area contributed by atoms with Gasteiger partial charge in [0.2, 0.25) is 0 Å². The van der Waals surface area contributed by atoms with Crippen molar-refractivity contribution in [3.63, 3.8) is 0 Å². The van der Waals surface area contributed by atoms with Crippen molar-refractivity contribution in [2.75, 3.05) is 31.1 Å². The van der Waals surface area contributed by atoms with Crippen molar-refractivity contribution in [2.45, 2.75) is 11.3 Å². The topological polar surface area (TPSA) is 82.8 Å². The maximum absolute atomic E-state index is 13.8. The quantitative estimate of drug-likeness (QED) is 0.559. The average molecular weight is 514 g/mol. The lowest BCUT2D eigenvalue weighted by molar-refractivity contribution is 0.142.